The second kappa shape index (κ2) is 6.90. The number of benzene rings is 2. The van der Waals surface area contributed by atoms with E-state index in [0.29, 0.717) is 40.5 Å². The smallest absolute Gasteiger partial charge is 0.258 e. The number of methoxy groups -OCH3 is 2. The molecular formula is C20H20FN3O3. The standard InChI is InChI=1S/C20H20FN3O3/c1-26-13-6-7-14(18(11-13)27-2)20(25)24-9-3-4-17(24)19-22-15-8-5-12(21)10-16(15)23-19/h5-8,10-11,17H,3-4,9H2,1-2H3,(H,22,23). The predicted octanol–water partition coefficient (Wildman–Crippen LogP) is 3.70. The molecule has 1 aromatic heterocycles. The zero-order chi connectivity index (χ0) is 19.0. The van der Waals surface area contributed by atoms with Crippen molar-refractivity contribution in [3.8, 4) is 11.5 Å². The maximum absolute atomic E-state index is 13.5. The lowest BCUT2D eigenvalue weighted by molar-refractivity contribution is 0.0727. The van der Waals surface area contributed by atoms with Gasteiger partial charge < -0.3 is 19.4 Å². The summed E-state index contributed by atoms with van der Waals surface area (Å²) in [7, 11) is 3.10. The Balaban J connectivity index is 1.67. The summed E-state index contributed by atoms with van der Waals surface area (Å²) in [4.78, 5) is 22.7. The lowest BCUT2D eigenvalue weighted by Crippen LogP contribution is -2.31. The molecule has 7 heteroatoms. The van der Waals surface area contributed by atoms with Gasteiger partial charge in [-0.2, -0.15) is 0 Å². The van der Waals surface area contributed by atoms with Gasteiger partial charge in [0.05, 0.1) is 36.9 Å². The van der Waals surface area contributed by atoms with Gasteiger partial charge in [0.25, 0.3) is 5.91 Å². The third-order valence-corrected chi connectivity index (χ3v) is 4.93. The number of rotatable bonds is 4. The molecule has 1 unspecified atom stereocenters. The van der Waals surface area contributed by atoms with Gasteiger partial charge in [0.2, 0.25) is 0 Å². The monoisotopic (exact) mass is 369 g/mol. The highest BCUT2D eigenvalue weighted by atomic mass is 19.1. The molecule has 0 spiro atoms. The van der Waals surface area contributed by atoms with Crippen LogP contribution in [0.3, 0.4) is 0 Å². The van der Waals surface area contributed by atoms with Gasteiger partial charge in [-0.25, -0.2) is 9.37 Å². The largest absolute Gasteiger partial charge is 0.497 e. The van der Waals surface area contributed by atoms with Crippen LogP contribution in [0, 0.1) is 5.82 Å². The van der Waals surface area contributed by atoms with Crippen LogP contribution in [0.25, 0.3) is 11.0 Å². The second-order valence-corrected chi connectivity index (χ2v) is 6.51. The van der Waals surface area contributed by atoms with Crippen LogP contribution >= 0.6 is 0 Å². The van der Waals surface area contributed by atoms with E-state index in [1.807, 2.05) is 0 Å². The van der Waals surface area contributed by atoms with Crippen LogP contribution in [0.5, 0.6) is 11.5 Å². The Kier molecular flexibility index (Phi) is 4.43. The molecule has 1 atom stereocenters. The average Bonchev–Trinajstić information content (AvgIpc) is 3.33. The van der Waals surface area contributed by atoms with Gasteiger partial charge in [-0.15, -0.1) is 0 Å². The van der Waals surface area contributed by atoms with Gasteiger partial charge in [0.1, 0.15) is 23.1 Å². The van der Waals surface area contributed by atoms with E-state index in [4.69, 9.17) is 9.47 Å². The number of H-pyrrole nitrogens is 1. The number of halogens is 1. The number of aromatic amines is 1. The molecule has 140 valence electrons. The number of imidazole rings is 1. The number of hydrogen-bond donors (Lipinski definition) is 1. The molecule has 4 rings (SSSR count). The molecule has 1 saturated heterocycles. The molecule has 2 aromatic carbocycles. The summed E-state index contributed by atoms with van der Waals surface area (Å²) in [6.45, 7) is 0.629. The van der Waals surface area contributed by atoms with Crippen LogP contribution in [0.2, 0.25) is 0 Å². The Morgan fingerprint density at radius 3 is 2.85 bits per heavy atom. The molecular weight excluding hydrogens is 349 g/mol. The first-order valence-electron chi connectivity index (χ1n) is 8.79. The average molecular weight is 369 g/mol. The van der Waals surface area contributed by atoms with Crippen molar-refractivity contribution in [3.63, 3.8) is 0 Å². The van der Waals surface area contributed by atoms with E-state index < -0.39 is 0 Å². The second-order valence-electron chi connectivity index (χ2n) is 6.51. The molecule has 1 N–H and O–H groups in total. The van der Waals surface area contributed by atoms with Gasteiger partial charge in [0, 0.05) is 12.6 Å². The fourth-order valence-electron chi connectivity index (χ4n) is 3.58. The first-order chi connectivity index (χ1) is 13.1. The molecule has 27 heavy (non-hydrogen) atoms. The molecule has 1 fully saturated rings. The summed E-state index contributed by atoms with van der Waals surface area (Å²) in [6.07, 6.45) is 1.67. The van der Waals surface area contributed by atoms with Crippen LogP contribution in [0.1, 0.15) is 35.1 Å². The Hall–Kier alpha value is -3.09. The Morgan fingerprint density at radius 2 is 2.07 bits per heavy atom. The van der Waals surface area contributed by atoms with Gasteiger partial charge in [0.15, 0.2) is 0 Å². The molecule has 2 heterocycles. The summed E-state index contributed by atoms with van der Waals surface area (Å²) in [5.41, 5.74) is 1.80. The van der Waals surface area contributed by atoms with Crippen molar-refractivity contribution in [2.75, 3.05) is 20.8 Å². The molecule has 0 aliphatic carbocycles. The van der Waals surface area contributed by atoms with Crippen molar-refractivity contribution in [2.24, 2.45) is 0 Å². The molecule has 6 nitrogen and oxygen atoms in total. The summed E-state index contributed by atoms with van der Waals surface area (Å²) < 4.78 is 24.0. The summed E-state index contributed by atoms with van der Waals surface area (Å²) >= 11 is 0. The van der Waals surface area contributed by atoms with E-state index in [1.54, 1.807) is 36.3 Å². The number of carbonyl (C=O) groups excluding carboxylic acids is 1. The van der Waals surface area contributed by atoms with Crippen molar-refractivity contribution < 1.29 is 18.7 Å². The SMILES string of the molecule is COc1ccc(C(=O)N2CCCC2c2nc3ccc(F)cc3[nH]2)c(OC)c1. The number of fused-ring (bicyclic) bond motifs is 1. The minimum atomic E-state index is -0.319. The fraction of sp³-hybridized carbons (Fsp3) is 0.300. The molecule has 1 amide bonds. The fourth-order valence-corrected chi connectivity index (χ4v) is 3.58. The maximum atomic E-state index is 13.5. The minimum absolute atomic E-state index is 0.122. The highest BCUT2D eigenvalue weighted by Gasteiger charge is 2.34. The highest BCUT2D eigenvalue weighted by Crippen LogP contribution is 2.35. The predicted molar refractivity (Wildman–Crippen MR) is 98.6 cm³/mol. The quantitative estimate of drug-likeness (QED) is 0.762. The summed E-state index contributed by atoms with van der Waals surface area (Å²) in [6, 6.07) is 9.40. The first-order valence-corrected chi connectivity index (χ1v) is 8.79. The third kappa shape index (κ3) is 3.09. The molecule has 1 aliphatic heterocycles. The molecule has 0 bridgehead atoms. The van der Waals surface area contributed by atoms with Gasteiger partial charge in [-0.1, -0.05) is 0 Å². The van der Waals surface area contributed by atoms with Crippen molar-refractivity contribution in [3.05, 3.63) is 53.6 Å². The lowest BCUT2D eigenvalue weighted by atomic mass is 10.1. The molecule has 3 aromatic rings. The molecule has 0 saturated carbocycles. The zero-order valence-electron chi connectivity index (χ0n) is 15.2. The minimum Gasteiger partial charge on any atom is -0.497 e. The van der Waals surface area contributed by atoms with Crippen LogP contribution in [0.15, 0.2) is 36.4 Å². The summed E-state index contributed by atoms with van der Waals surface area (Å²) in [5, 5.41) is 0. The number of amides is 1. The molecule has 1 aliphatic rings. The first kappa shape index (κ1) is 17.3. The van der Waals surface area contributed by atoms with Crippen molar-refractivity contribution >= 4 is 16.9 Å². The van der Waals surface area contributed by atoms with E-state index in [1.165, 1.54) is 19.2 Å². The number of aromatic nitrogens is 2. The van der Waals surface area contributed by atoms with Gasteiger partial charge >= 0.3 is 0 Å². The van der Waals surface area contributed by atoms with Crippen molar-refractivity contribution in [2.45, 2.75) is 18.9 Å². The van der Waals surface area contributed by atoms with Crippen LogP contribution in [-0.2, 0) is 0 Å². The highest BCUT2D eigenvalue weighted by molar-refractivity contribution is 5.97. The normalized spacial score (nSPS) is 16.7. The van der Waals surface area contributed by atoms with E-state index in [0.717, 1.165) is 12.8 Å². The van der Waals surface area contributed by atoms with Gasteiger partial charge in [-0.05, 0) is 43.2 Å². The number of nitrogens with zero attached hydrogens (tertiary/aromatic N) is 2. The zero-order valence-corrected chi connectivity index (χ0v) is 15.2. The lowest BCUT2D eigenvalue weighted by Gasteiger charge is -2.24. The topological polar surface area (TPSA) is 67.5 Å². The molecule has 0 radical (unpaired) electrons. The van der Waals surface area contributed by atoms with Gasteiger partial charge in [-0.3, -0.25) is 4.79 Å². The maximum Gasteiger partial charge on any atom is 0.258 e. The number of ether oxygens (including phenoxy) is 2. The van der Waals surface area contributed by atoms with Crippen molar-refractivity contribution in [1.29, 1.82) is 0 Å². The van der Waals surface area contributed by atoms with Crippen LogP contribution < -0.4 is 9.47 Å². The summed E-state index contributed by atoms with van der Waals surface area (Å²) in [5.74, 6) is 1.33. The van der Waals surface area contributed by atoms with Crippen molar-refractivity contribution in [1.82, 2.24) is 14.9 Å². The number of hydrogen-bond acceptors (Lipinski definition) is 4. The van der Waals surface area contributed by atoms with E-state index in [2.05, 4.69) is 9.97 Å². The van der Waals surface area contributed by atoms with E-state index >= 15 is 0 Å². The number of nitrogens with one attached hydrogen (secondary N) is 1. The van der Waals surface area contributed by atoms with Crippen LogP contribution in [-0.4, -0.2) is 41.5 Å². The van der Waals surface area contributed by atoms with E-state index in [9.17, 15) is 9.18 Å². The van der Waals surface area contributed by atoms with E-state index in [-0.39, 0.29) is 17.8 Å². The Labute approximate surface area is 155 Å². The van der Waals surface area contributed by atoms with Crippen LogP contribution in [0.4, 0.5) is 4.39 Å². The number of likely N-dealkylation sites (tertiary alicyclic amines) is 1. The Morgan fingerprint density at radius 1 is 1.22 bits per heavy atom. The third-order valence-electron chi connectivity index (χ3n) is 4.93. The number of carbonyl (C=O) groups is 1. The Bertz CT molecular complexity index is 1000.